The zero-order valence-corrected chi connectivity index (χ0v) is 8.05. The SMILES string of the molecule is CNc1ncc(C(N)=O)cc1Br. The molecule has 0 spiro atoms. The summed E-state index contributed by atoms with van der Waals surface area (Å²) in [5.74, 6) is 0.200. The molecular weight excluding hydrogens is 222 g/mol. The summed E-state index contributed by atoms with van der Waals surface area (Å²) in [7, 11) is 1.75. The molecule has 5 heteroatoms. The number of carbonyl (C=O) groups excluding carboxylic acids is 1. The van der Waals surface area contributed by atoms with Gasteiger partial charge in [0.05, 0.1) is 10.0 Å². The molecule has 0 bridgehead atoms. The van der Waals surface area contributed by atoms with Gasteiger partial charge in [-0.2, -0.15) is 0 Å². The molecule has 3 N–H and O–H groups in total. The minimum atomic E-state index is -0.481. The lowest BCUT2D eigenvalue weighted by Crippen LogP contribution is -2.11. The highest BCUT2D eigenvalue weighted by Crippen LogP contribution is 2.19. The molecule has 0 atom stereocenters. The van der Waals surface area contributed by atoms with Crippen LogP contribution >= 0.6 is 15.9 Å². The second-order valence-electron chi connectivity index (χ2n) is 2.17. The number of pyridine rings is 1. The Morgan fingerprint density at radius 3 is 2.83 bits per heavy atom. The van der Waals surface area contributed by atoms with Crippen molar-refractivity contribution in [1.29, 1.82) is 0 Å². The van der Waals surface area contributed by atoms with Crippen LogP contribution in [0.4, 0.5) is 5.82 Å². The maximum absolute atomic E-state index is 10.7. The number of hydrogen-bond acceptors (Lipinski definition) is 3. The number of carbonyl (C=O) groups is 1. The second-order valence-corrected chi connectivity index (χ2v) is 3.02. The van der Waals surface area contributed by atoms with E-state index in [4.69, 9.17) is 5.73 Å². The van der Waals surface area contributed by atoms with Gasteiger partial charge in [-0.3, -0.25) is 4.79 Å². The van der Waals surface area contributed by atoms with Gasteiger partial charge in [0, 0.05) is 13.2 Å². The van der Waals surface area contributed by atoms with E-state index < -0.39 is 5.91 Å². The van der Waals surface area contributed by atoms with Crippen molar-refractivity contribution in [3.8, 4) is 0 Å². The van der Waals surface area contributed by atoms with Crippen LogP contribution in [0.1, 0.15) is 10.4 Å². The average molecular weight is 230 g/mol. The van der Waals surface area contributed by atoms with Crippen molar-refractivity contribution in [3.63, 3.8) is 0 Å². The molecule has 0 fully saturated rings. The first kappa shape index (κ1) is 8.99. The normalized spacial score (nSPS) is 9.50. The summed E-state index contributed by atoms with van der Waals surface area (Å²) in [6.45, 7) is 0. The molecule has 1 rings (SSSR count). The van der Waals surface area contributed by atoms with E-state index in [0.29, 0.717) is 11.4 Å². The summed E-state index contributed by atoms with van der Waals surface area (Å²) < 4.78 is 0.723. The first-order chi connectivity index (χ1) is 5.65. The third-order valence-corrected chi connectivity index (χ3v) is 1.97. The molecule has 0 saturated carbocycles. The summed E-state index contributed by atoms with van der Waals surface area (Å²) >= 11 is 3.24. The number of nitrogens with two attached hydrogens (primary N) is 1. The van der Waals surface area contributed by atoms with E-state index in [0.717, 1.165) is 4.47 Å². The van der Waals surface area contributed by atoms with Crippen LogP contribution in [0.2, 0.25) is 0 Å². The zero-order valence-electron chi connectivity index (χ0n) is 6.47. The Morgan fingerprint density at radius 2 is 2.42 bits per heavy atom. The van der Waals surface area contributed by atoms with Crippen molar-refractivity contribution in [2.24, 2.45) is 5.73 Å². The quantitative estimate of drug-likeness (QED) is 0.795. The fourth-order valence-electron chi connectivity index (χ4n) is 0.757. The minimum Gasteiger partial charge on any atom is -0.372 e. The van der Waals surface area contributed by atoms with E-state index in [1.807, 2.05) is 0 Å². The number of halogens is 1. The predicted molar refractivity (Wildman–Crippen MR) is 50.0 cm³/mol. The molecule has 12 heavy (non-hydrogen) atoms. The summed E-state index contributed by atoms with van der Waals surface area (Å²) in [6, 6.07) is 1.63. The van der Waals surface area contributed by atoms with E-state index in [9.17, 15) is 4.79 Å². The second kappa shape index (κ2) is 3.53. The Labute approximate surface area is 78.3 Å². The number of rotatable bonds is 2. The molecule has 0 aliphatic carbocycles. The van der Waals surface area contributed by atoms with Crippen LogP contribution < -0.4 is 11.1 Å². The zero-order chi connectivity index (χ0) is 9.14. The van der Waals surface area contributed by atoms with Crippen LogP contribution in [0.3, 0.4) is 0 Å². The van der Waals surface area contributed by atoms with Gasteiger partial charge in [-0.25, -0.2) is 4.98 Å². The number of primary amides is 1. The van der Waals surface area contributed by atoms with E-state index in [1.54, 1.807) is 13.1 Å². The molecule has 1 amide bonds. The molecule has 1 aromatic heterocycles. The van der Waals surface area contributed by atoms with E-state index in [2.05, 4.69) is 26.2 Å². The summed E-state index contributed by atoms with van der Waals surface area (Å²) in [5.41, 5.74) is 5.44. The van der Waals surface area contributed by atoms with Crippen LogP contribution in [0.5, 0.6) is 0 Å². The van der Waals surface area contributed by atoms with Gasteiger partial charge in [-0.05, 0) is 22.0 Å². The van der Waals surface area contributed by atoms with Crippen LogP contribution in [0, 0.1) is 0 Å². The topological polar surface area (TPSA) is 68.0 Å². The van der Waals surface area contributed by atoms with Gasteiger partial charge in [-0.1, -0.05) is 0 Å². The molecule has 0 radical (unpaired) electrons. The maximum atomic E-state index is 10.7. The van der Waals surface area contributed by atoms with E-state index in [1.165, 1.54) is 6.20 Å². The van der Waals surface area contributed by atoms with Crippen molar-refractivity contribution >= 4 is 27.7 Å². The number of nitrogens with zero attached hydrogens (tertiary/aromatic N) is 1. The standard InChI is InChI=1S/C7H8BrN3O/c1-10-7-5(8)2-4(3-11-7)6(9)12/h2-3H,1H3,(H2,9,12)(H,10,11). The number of anilines is 1. The Hall–Kier alpha value is -1.10. The number of hydrogen-bond donors (Lipinski definition) is 2. The summed E-state index contributed by atoms with van der Waals surface area (Å²) in [5, 5.41) is 2.85. The smallest absolute Gasteiger partial charge is 0.250 e. The predicted octanol–water partition coefficient (Wildman–Crippen LogP) is 0.985. The number of nitrogens with one attached hydrogen (secondary N) is 1. The first-order valence-corrected chi connectivity index (χ1v) is 4.07. The van der Waals surface area contributed by atoms with Gasteiger partial charge in [0.25, 0.3) is 0 Å². The molecular formula is C7H8BrN3O. The fourth-order valence-corrected chi connectivity index (χ4v) is 1.30. The van der Waals surface area contributed by atoms with Crippen molar-refractivity contribution in [3.05, 3.63) is 22.3 Å². The Balaban J connectivity index is 3.10. The third-order valence-electron chi connectivity index (χ3n) is 1.36. The third kappa shape index (κ3) is 1.73. The highest BCUT2D eigenvalue weighted by molar-refractivity contribution is 9.10. The highest BCUT2D eigenvalue weighted by atomic mass is 79.9. The molecule has 0 aliphatic heterocycles. The Kier molecular flexibility index (Phi) is 2.65. The van der Waals surface area contributed by atoms with E-state index in [-0.39, 0.29) is 0 Å². The number of amides is 1. The molecule has 0 unspecified atom stereocenters. The molecule has 4 nitrogen and oxygen atoms in total. The largest absolute Gasteiger partial charge is 0.372 e. The minimum absolute atomic E-state index is 0.390. The van der Waals surface area contributed by atoms with Crippen LogP contribution in [-0.2, 0) is 0 Å². The van der Waals surface area contributed by atoms with Crippen molar-refractivity contribution in [1.82, 2.24) is 4.98 Å². The molecule has 0 saturated heterocycles. The molecule has 1 heterocycles. The average Bonchev–Trinajstić information content (AvgIpc) is 2.04. The molecule has 64 valence electrons. The maximum Gasteiger partial charge on any atom is 0.250 e. The lowest BCUT2D eigenvalue weighted by molar-refractivity contribution is 0.1000. The number of aromatic nitrogens is 1. The molecule has 0 aliphatic rings. The highest BCUT2D eigenvalue weighted by Gasteiger charge is 2.04. The van der Waals surface area contributed by atoms with Crippen molar-refractivity contribution in [2.75, 3.05) is 12.4 Å². The lowest BCUT2D eigenvalue weighted by atomic mass is 10.3. The fraction of sp³-hybridized carbons (Fsp3) is 0.143. The van der Waals surface area contributed by atoms with Gasteiger partial charge in [0.2, 0.25) is 5.91 Å². The molecule has 0 aromatic carbocycles. The Bertz CT molecular complexity index is 314. The van der Waals surface area contributed by atoms with Crippen LogP contribution in [0.15, 0.2) is 16.7 Å². The van der Waals surface area contributed by atoms with E-state index >= 15 is 0 Å². The summed E-state index contributed by atoms with van der Waals surface area (Å²) in [6.07, 6.45) is 1.43. The molecule has 1 aromatic rings. The lowest BCUT2D eigenvalue weighted by Gasteiger charge is -2.02. The van der Waals surface area contributed by atoms with Crippen molar-refractivity contribution < 1.29 is 4.79 Å². The van der Waals surface area contributed by atoms with Gasteiger partial charge in [-0.15, -0.1) is 0 Å². The van der Waals surface area contributed by atoms with Gasteiger partial charge >= 0.3 is 0 Å². The van der Waals surface area contributed by atoms with Gasteiger partial charge in [0.1, 0.15) is 5.82 Å². The Morgan fingerprint density at radius 1 is 1.75 bits per heavy atom. The van der Waals surface area contributed by atoms with Gasteiger partial charge < -0.3 is 11.1 Å². The van der Waals surface area contributed by atoms with Crippen LogP contribution in [-0.4, -0.2) is 17.9 Å². The monoisotopic (exact) mass is 229 g/mol. The summed E-state index contributed by atoms with van der Waals surface area (Å²) in [4.78, 5) is 14.7. The van der Waals surface area contributed by atoms with Crippen molar-refractivity contribution in [2.45, 2.75) is 0 Å². The first-order valence-electron chi connectivity index (χ1n) is 3.28. The van der Waals surface area contributed by atoms with Crippen LogP contribution in [0.25, 0.3) is 0 Å². The van der Waals surface area contributed by atoms with Gasteiger partial charge in [0.15, 0.2) is 0 Å².